The van der Waals surface area contributed by atoms with Crippen molar-refractivity contribution in [3.05, 3.63) is 29.3 Å². The lowest BCUT2D eigenvalue weighted by molar-refractivity contribution is -0.131. The fourth-order valence-corrected chi connectivity index (χ4v) is 1.40. The van der Waals surface area contributed by atoms with Gasteiger partial charge in [-0.25, -0.2) is 0 Å². The number of benzene rings is 1. The monoisotopic (exact) mass is 256 g/mol. The normalized spacial score (nSPS) is 10.1. The summed E-state index contributed by atoms with van der Waals surface area (Å²) in [5.74, 6) is 0.549. The zero-order chi connectivity index (χ0) is 12.7. The highest BCUT2D eigenvalue weighted by Gasteiger charge is 2.08. The van der Waals surface area contributed by atoms with E-state index in [1.807, 2.05) is 7.05 Å². The molecule has 0 aromatic heterocycles. The van der Waals surface area contributed by atoms with Crippen LogP contribution in [-0.2, 0) is 4.79 Å². The summed E-state index contributed by atoms with van der Waals surface area (Å²) in [6.07, 6.45) is 0. The van der Waals surface area contributed by atoms with Crippen molar-refractivity contribution in [2.24, 2.45) is 0 Å². The van der Waals surface area contributed by atoms with Gasteiger partial charge in [0.1, 0.15) is 5.75 Å². The van der Waals surface area contributed by atoms with Crippen LogP contribution in [0.1, 0.15) is 0 Å². The van der Waals surface area contributed by atoms with Gasteiger partial charge in [-0.2, -0.15) is 0 Å². The van der Waals surface area contributed by atoms with Gasteiger partial charge < -0.3 is 15.0 Å². The molecular weight excluding hydrogens is 240 g/mol. The summed E-state index contributed by atoms with van der Waals surface area (Å²) in [7, 11) is 3.60. The molecule has 0 heterocycles. The number of rotatable bonds is 6. The van der Waals surface area contributed by atoms with E-state index in [9.17, 15) is 4.79 Å². The standard InChI is InChI=1S/C12H17ClN2O2/c1-14-6-7-15(2)12(16)9-17-11-5-3-4-10(13)8-11/h3-5,8,14H,6-7,9H2,1-2H3. The van der Waals surface area contributed by atoms with Crippen LogP contribution in [0.25, 0.3) is 0 Å². The van der Waals surface area contributed by atoms with Crippen molar-refractivity contribution >= 4 is 17.5 Å². The molecule has 0 aliphatic carbocycles. The van der Waals surface area contributed by atoms with Crippen molar-refractivity contribution in [2.75, 3.05) is 33.8 Å². The third-order valence-corrected chi connectivity index (χ3v) is 2.52. The van der Waals surface area contributed by atoms with Crippen LogP contribution in [0.2, 0.25) is 5.02 Å². The number of nitrogens with zero attached hydrogens (tertiary/aromatic N) is 1. The number of hydrogen-bond donors (Lipinski definition) is 1. The van der Waals surface area contributed by atoms with Gasteiger partial charge >= 0.3 is 0 Å². The lowest BCUT2D eigenvalue weighted by atomic mass is 10.3. The van der Waals surface area contributed by atoms with E-state index in [0.29, 0.717) is 17.3 Å². The highest BCUT2D eigenvalue weighted by molar-refractivity contribution is 6.30. The average Bonchev–Trinajstić information content (AvgIpc) is 2.33. The second-order valence-electron chi connectivity index (χ2n) is 3.66. The average molecular weight is 257 g/mol. The number of carbonyl (C=O) groups is 1. The Kier molecular flexibility index (Phi) is 5.80. The van der Waals surface area contributed by atoms with E-state index in [1.165, 1.54) is 0 Å². The summed E-state index contributed by atoms with van der Waals surface area (Å²) in [5.41, 5.74) is 0. The molecule has 1 rings (SSSR count). The minimum Gasteiger partial charge on any atom is -0.484 e. The molecule has 0 spiro atoms. The van der Waals surface area contributed by atoms with Crippen LogP contribution in [0.4, 0.5) is 0 Å². The molecule has 0 radical (unpaired) electrons. The van der Waals surface area contributed by atoms with Crippen molar-refractivity contribution in [3.8, 4) is 5.75 Å². The molecule has 5 heteroatoms. The molecular formula is C12H17ClN2O2. The molecule has 4 nitrogen and oxygen atoms in total. The van der Waals surface area contributed by atoms with Gasteiger partial charge in [0, 0.05) is 25.2 Å². The molecule has 1 aromatic rings. The number of amides is 1. The van der Waals surface area contributed by atoms with E-state index in [0.717, 1.165) is 6.54 Å². The number of nitrogens with one attached hydrogen (secondary N) is 1. The van der Waals surface area contributed by atoms with Crippen LogP contribution >= 0.6 is 11.6 Å². The van der Waals surface area contributed by atoms with Gasteiger partial charge in [0.25, 0.3) is 5.91 Å². The molecule has 94 valence electrons. The number of ether oxygens (including phenoxy) is 1. The zero-order valence-electron chi connectivity index (χ0n) is 10.1. The van der Waals surface area contributed by atoms with Crippen LogP contribution in [0.3, 0.4) is 0 Å². The largest absolute Gasteiger partial charge is 0.484 e. The minimum absolute atomic E-state index is 0.0283. The van der Waals surface area contributed by atoms with E-state index < -0.39 is 0 Å². The highest BCUT2D eigenvalue weighted by atomic mass is 35.5. The first kappa shape index (κ1) is 13.8. The predicted octanol–water partition coefficient (Wildman–Crippen LogP) is 1.40. The summed E-state index contributed by atoms with van der Waals surface area (Å²) < 4.78 is 5.35. The second-order valence-corrected chi connectivity index (χ2v) is 4.10. The van der Waals surface area contributed by atoms with E-state index in [1.54, 1.807) is 36.2 Å². The van der Waals surface area contributed by atoms with Crippen LogP contribution in [0, 0.1) is 0 Å². The molecule has 0 atom stereocenters. The highest BCUT2D eigenvalue weighted by Crippen LogP contribution is 2.16. The first-order chi connectivity index (χ1) is 8.13. The van der Waals surface area contributed by atoms with Gasteiger partial charge in [0.05, 0.1) is 0 Å². The van der Waals surface area contributed by atoms with Crippen LogP contribution in [0.5, 0.6) is 5.75 Å². The summed E-state index contributed by atoms with van der Waals surface area (Å²) >= 11 is 5.81. The molecule has 17 heavy (non-hydrogen) atoms. The quantitative estimate of drug-likeness (QED) is 0.837. The van der Waals surface area contributed by atoms with E-state index >= 15 is 0 Å². The predicted molar refractivity (Wildman–Crippen MR) is 68.5 cm³/mol. The molecule has 0 aliphatic rings. The zero-order valence-corrected chi connectivity index (χ0v) is 10.8. The first-order valence-corrected chi connectivity index (χ1v) is 5.78. The van der Waals surface area contributed by atoms with Gasteiger partial charge in [-0.05, 0) is 25.2 Å². The topological polar surface area (TPSA) is 41.6 Å². The second kappa shape index (κ2) is 7.14. The summed E-state index contributed by atoms with van der Waals surface area (Å²) in [4.78, 5) is 13.3. The lowest BCUT2D eigenvalue weighted by Crippen LogP contribution is -2.35. The Hall–Kier alpha value is -1.26. The van der Waals surface area contributed by atoms with Crippen molar-refractivity contribution in [2.45, 2.75) is 0 Å². The maximum Gasteiger partial charge on any atom is 0.260 e. The Balaban J connectivity index is 2.37. The molecule has 0 unspecified atom stereocenters. The van der Waals surface area contributed by atoms with E-state index in [-0.39, 0.29) is 12.5 Å². The number of halogens is 1. The SMILES string of the molecule is CNCCN(C)C(=O)COc1cccc(Cl)c1. The molecule has 0 saturated heterocycles. The van der Waals surface area contributed by atoms with Crippen molar-refractivity contribution in [1.82, 2.24) is 10.2 Å². The smallest absolute Gasteiger partial charge is 0.260 e. The summed E-state index contributed by atoms with van der Waals surface area (Å²) in [6, 6.07) is 7.00. The van der Waals surface area contributed by atoms with E-state index in [4.69, 9.17) is 16.3 Å². The lowest BCUT2D eigenvalue weighted by Gasteiger charge is -2.17. The molecule has 0 aliphatic heterocycles. The van der Waals surface area contributed by atoms with Crippen molar-refractivity contribution in [1.29, 1.82) is 0 Å². The summed E-state index contributed by atoms with van der Waals surface area (Å²) in [6.45, 7) is 1.45. The molecule has 1 N–H and O–H groups in total. The maximum absolute atomic E-state index is 11.6. The Bertz CT molecular complexity index is 371. The van der Waals surface area contributed by atoms with Crippen LogP contribution < -0.4 is 10.1 Å². The van der Waals surface area contributed by atoms with Gasteiger partial charge in [-0.15, -0.1) is 0 Å². The Morgan fingerprint density at radius 1 is 1.53 bits per heavy atom. The van der Waals surface area contributed by atoms with Crippen LogP contribution in [0.15, 0.2) is 24.3 Å². The number of likely N-dealkylation sites (N-methyl/N-ethyl adjacent to an activating group) is 2. The third kappa shape index (κ3) is 5.06. The van der Waals surface area contributed by atoms with Gasteiger partial charge in [-0.3, -0.25) is 4.79 Å². The Morgan fingerprint density at radius 3 is 2.94 bits per heavy atom. The molecule has 0 bridgehead atoms. The third-order valence-electron chi connectivity index (χ3n) is 2.28. The first-order valence-electron chi connectivity index (χ1n) is 5.40. The fourth-order valence-electron chi connectivity index (χ4n) is 1.22. The molecule has 0 fully saturated rings. The van der Waals surface area contributed by atoms with Crippen molar-refractivity contribution in [3.63, 3.8) is 0 Å². The molecule has 1 amide bonds. The Labute approximate surface area is 107 Å². The Morgan fingerprint density at radius 2 is 2.29 bits per heavy atom. The molecule has 1 aromatic carbocycles. The van der Waals surface area contributed by atoms with Gasteiger partial charge in [0.2, 0.25) is 0 Å². The van der Waals surface area contributed by atoms with Crippen molar-refractivity contribution < 1.29 is 9.53 Å². The number of hydrogen-bond acceptors (Lipinski definition) is 3. The minimum atomic E-state index is -0.0553. The van der Waals surface area contributed by atoms with Gasteiger partial charge in [0.15, 0.2) is 6.61 Å². The molecule has 0 saturated carbocycles. The fraction of sp³-hybridized carbons (Fsp3) is 0.417. The van der Waals surface area contributed by atoms with Gasteiger partial charge in [-0.1, -0.05) is 17.7 Å². The maximum atomic E-state index is 11.6. The summed E-state index contributed by atoms with van der Waals surface area (Å²) in [5, 5.41) is 3.58. The van der Waals surface area contributed by atoms with Crippen LogP contribution in [-0.4, -0.2) is 44.6 Å². The van der Waals surface area contributed by atoms with E-state index in [2.05, 4.69) is 5.32 Å². The number of carbonyl (C=O) groups excluding carboxylic acids is 1.